The van der Waals surface area contributed by atoms with E-state index in [0.717, 1.165) is 0 Å². The summed E-state index contributed by atoms with van der Waals surface area (Å²) >= 11 is 6.30. The van der Waals surface area contributed by atoms with E-state index in [1.807, 2.05) is 6.92 Å². The number of carbonyl (C=O) groups is 3. The molecule has 36 heavy (non-hydrogen) atoms. The topological polar surface area (TPSA) is 128 Å². The number of hydrogen-bond acceptors (Lipinski definition) is 6. The van der Waals surface area contributed by atoms with E-state index in [9.17, 15) is 24.6 Å². The van der Waals surface area contributed by atoms with Gasteiger partial charge in [0, 0.05) is 12.1 Å². The Morgan fingerprint density at radius 3 is 2.33 bits per heavy atom. The first-order chi connectivity index (χ1) is 16.9. The van der Waals surface area contributed by atoms with Crippen LogP contribution in [-0.2, 0) is 14.3 Å². The van der Waals surface area contributed by atoms with Gasteiger partial charge in [-0.15, -0.1) is 0 Å². The van der Waals surface area contributed by atoms with Crippen LogP contribution in [0.2, 0.25) is 5.02 Å². The number of halogens is 1. The molecule has 3 amide bonds. The summed E-state index contributed by atoms with van der Waals surface area (Å²) in [5, 5.41) is 26.0. The van der Waals surface area contributed by atoms with Crippen molar-refractivity contribution in [3.05, 3.63) is 58.6 Å². The maximum atomic E-state index is 13.7. The predicted octanol–water partition coefficient (Wildman–Crippen LogP) is 4.16. The van der Waals surface area contributed by atoms with E-state index in [0.29, 0.717) is 22.7 Å². The van der Waals surface area contributed by atoms with Crippen LogP contribution in [0.1, 0.15) is 51.3 Å². The van der Waals surface area contributed by atoms with Crippen molar-refractivity contribution in [2.75, 3.05) is 18.5 Å². The fourth-order valence-electron chi connectivity index (χ4n) is 3.59. The van der Waals surface area contributed by atoms with Gasteiger partial charge in [-0.05, 0) is 51.8 Å². The highest BCUT2D eigenvalue weighted by atomic mass is 35.5. The molecule has 0 aliphatic carbocycles. The van der Waals surface area contributed by atoms with Crippen LogP contribution in [-0.4, -0.2) is 57.8 Å². The summed E-state index contributed by atoms with van der Waals surface area (Å²) < 4.78 is 5.21. The fraction of sp³-hybridized carbons (Fsp3) is 0.423. The monoisotopic (exact) mass is 519 g/mol. The van der Waals surface area contributed by atoms with Gasteiger partial charge in [0.05, 0.1) is 17.3 Å². The average Bonchev–Trinajstić information content (AvgIpc) is 2.79. The molecule has 2 aromatic rings. The third kappa shape index (κ3) is 7.60. The lowest BCUT2D eigenvalue weighted by Gasteiger charge is -2.34. The molecule has 0 fully saturated rings. The molecule has 2 aromatic carbocycles. The van der Waals surface area contributed by atoms with Crippen LogP contribution in [0.25, 0.3) is 0 Å². The summed E-state index contributed by atoms with van der Waals surface area (Å²) in [4.78, 5) is 40.8. The molecule has 0 radical (unpaired) electrons. The molecule has 0 aromatic heterocycles. The molecular formula is C26H34ClN3O6. The lowest BCUT2D eigenvalue weighted by Crippen LogP contribution is -2.54. The molecule has 4 N–H and O–H groups in total. The summed E-state index contributed by atoms with van der Waals surface area (Å²) in [5.74, 6) is -1.53. The molecule has 2 rings (SSSR count). The number of aromatic hydroxyl groups is 1. The Labute approximate surface area is 216 Å². The van der Waals surface area contributed by atoms with E-state index in [1.165, 1.54) is 17.0 Å². The van der Waals surface area contributed by atoms with Crippen molar-refractivity contribution in [2.24, 2.45) is 0 Å². The van der Waals surface area contributed by atoms with Gasteiger partial charge in [-0.1, -0.05) is 48.9 Å². The Kier molecular flexibility index (Phi) is 10.1. The molecule has 0 aliphatic rings. The number of aliphatic hydroxyl groups is 1. The average molecular weight is 520 g/mol. The van der Waals surface area contributed by atoms with Crippen molar-refractivity contribution in [1.82, 2.24) is 10.2 Å². The lowest BCUT2D eigenvalue weighted by molar-refractivity contribution is -0.141. The standard InChI is InChI=1S/C26H34ClN3O6/c1-6-14-30(24(34)19(15-31)28-25(35)36-26(3,4)5)22(17-11-7-8-13-20(17)32)23(33)29-21-16(2)10-9-12-18(21)27/h7-13,19,22,31-32H,6,14-15H2,1-5H3,(H,28,35)(H,29,33). The van der Waals surface area contributed by atoms with Crippen molar-refractivity contribution < 1.29 is 29.3 Å². The summed E-state index contributed by atoms with van der Waals surface area (Å²) in [6.07, 6.45) is -0.430. The zero-order valence-electron chi connectivity index (χ0n) is 21.2. The Morgan fingerprint density at radius 1 is 1.11 bits per heavy atom. The van der Waals surface area contributed by atoms with Crippen LogP contribution >= 0.6 is 11.6 Å². The first-order valence-electron chi connectivity index (χ1n) is 11.6. The van der Waals surface area contributed by atoms with Gasteiger partial charge < -0.3 is 30.5 Å². The minimum absolute atomic E-state index is 0.0965. The van der Waals surface area contributed by atoms with Gasteiger partial charge in [0.2, 0.25) is 5.91 Å². The number of anilines is 1. The van der Waals surface area contributed by atoms with Crippen molar-refractivity contribution in [3.63, 3.8) is 0 Å². The largest absolute Gasteiger partial charge is 0.508 e. The molecule has 0 saturated carbocycles. The van der Waals surface area contributed by atoms with Crippen LogP contribution < -0.4 is 10.6 Å². The number of aryl methyl sites for hydroxylation is 1. The van der Waals surface area contributed by atoms with Gasteiger partial charge in [-0.25, -0.2) is 4.79 Å². The second-order valence-corrected chi connectivity index (χ2v) is 9.70. The molecule has 0 heterocycles. The maximum Gasteiger partial charge on any atom is 0.408 e. The van der Waals surface area contributed by atoms with Gasteiger partial charge in [-0.2, -0.15) is 0 Å². The minimum Gasteiger partial charge on any atom is -0.508 e. The van der Waals surface area contributed by atoms with Crippen LogP contribution in [0.3, 0.4) is 0 Å². The number of para-hydroxylation sites is 2. The number of phenolic OH excluding ortho intramolecular Hbond substituents is 1. The normalized spacial score (nSPS) is 12.9. The van der Waals surface area contributed by atoms with Crippen LogP contribution in [0, 0.1) is 6.92 Å². The number of ether oxygens (including phenoxy) is 1. The first-order valence-corrected chi connectivity index (χ1v) is 12.0. The molecule has 0 saturated heterocycles. The molecule has 196 valence electrons. The number of nitrogens with one attached hydrogen (secondary N) is 2. The van der Waals surface area contributed by atoms with Gasteiger partial charge in [0.15, 0.2) is 0 Å². The third-order valence-electron chi connectivity index (χ3n) is 5.18. The highest BCUT2D eigenvalue weighted by Gasteiger charge is 2.37. The Hall–Kier alpha value is -3.30. The van der Waals surface area contributed by atoms with Gasteiger partial charge in [0.25, 0.3) is 5.91 Å². The number of nitrogens with zero attached hydrogens (tertiary/aromatic N) is 1. The van der Waals surface area contributed by atoms with Crippen LogP contribution in [0.15, 0.2) is 42.5 Å². The number of amides is 3. The first kappa shape index (κ1) is 28.9. The number of rotatable bonds is 9. The SMILES string of the molecule is CCCN(C(=O)C(CO)NC(=O)OC(C)(C)C)C(C(=O)Nc1c(C)cccc1Cl)c1ccccc1O. The van der Waals surface area contributed by atoms with E-state index in [-0.39, 0.29) is 17.9 Å². The molecule has 9 nitrogen and oxygen atoms in total. The second-order valence-electron chi connectivity index (χ2n) is 9.30. The van der Waals surface area contributed by atoms with E-state index in [2.05, 4.69) is 10.6 Å². The van der Waals surface area contributed by atoms with Crippen LogP contribution in [0.5, 0.6) is 5.75 Å². The lowest BCUT2D eigenvalue weighted by atomic mass is 10.0. The highest BCUT2D eigenvalue weighted by Crippen LogP contribution is 2.33. The molecule has 2 unspecified atom stereocenters. The quantitative estimate of drug-likeness (QED) is 0.394. The van der Waals surface area contributed by atoms with Gasteiger partial charge >= 0.3 is 6.09 Å². The van der Waals surface area contributed by atoms with Gasteiger partial charge in [0.1, 0.15) is 23.4 Å². The Bertz CT molecular complexity index is 1070. The number of hydrogen-bond donors (Lipinski definition) is 4. The second kappa shape index (κ2) is 12.6. The van der Waals surface area contributed by atoms with Gasteiger partial charge in [-0.3, -0.25) is 9.59 Å². The molecular weight excluding hydrogens is 486 g/mol. The number of carbonyl (C=O) groups excluding carboxylic acids is 3. The number of phenols is 1. The van der Waals surface area contributed by atoms with E-state index >= 15 is 0 Å². The fourth-order valence-corrected chi connectivity index (χ4v) is 3.86. The van der Waals surface area contributed by atoms with Crippen molar-refractivity contribution in [2.45, 2.75) is 58.7 Å². The van der Waals surface area contributed by atoms with Crippen molar-refractivity contribution in [3.8, 4) is 5.75 Å². The van der Waals surface area contributed by atoms with E-state index in [4.69, 9.17) is 16.3 Å². The van der Waals surface area contributed by atoms with E-state index in [1.54, 1.807) is 58.0 Å². The summed E-state index contributed by atoms with van der Waals surface area (Å²) in [6.45, 7) is 7.96. The molecule has 0 aliphatic heterocycles. The molecule has 0 spiro atoms. The zero-order valence-corrected chi connectivity index (χ0v) is 21.9. The summed E-state index contributed by atoms with van der Waals surface area (Å²) in [6, 6.07) is 8.65. The van der Waals surface area contributed by atoms with E-state index < -0.39 is 42.2 Å². The maximum absolute atomic E-state index is 13.7. The number of benzene rings is 2. The zero-order chi connectivity index (χ0) is 27.0. The molecule has 10 heteroatoms. The summed E-state index contributed by atoms with van der Waals surface area (Å²) in [7, 11) is 0. The molecule has 2 atom stereocenters. The summed E-state index contributed by atoms with van der Waals surface area (Å²) in [5.41, 5.74) is 0.441. The van der Waals surface area contributed by atoms with Crippen molar-refractivity contribution >= 4 is 35.2 Å². The number of alkyl carbamates (subject to hydrolysis) is 1. The van der Waals surface area contributed by atoms with Crippen LogP contribution in [0.4, 0.5) is 10.5 Å². The number of aliphatic hydroxyl groups excluding tert-OH is 1. The highest BCUT2D eigenvalue weighted by molar-refractivity contribution is 6.34. The smallest absolute Gasteiger partial charge is 0.408 e. The third-order valence-corrected chi connectivity index (χ3v) is 5.50. The molecule has 0 bridgehead atoms. The van der Waals surface area contributed by atoms with Crippen molar-refractivity contribution in [1.29, 1.82) is 0 Å². The predicted molar refractivity (Wildman–Crippen MR) is 138 cm³/mol. The Morgan fingerprint density at radius 2 is 1.78 bits per heavy atom. The minimum atomic E-state index is -1.38. The Balaban J connectivity index is 2.49.